The minimum absolute atomic E-state index is 0.112. The summed E-state index contributed by atoms with van der Waals surface area (Å²) in [5, 5.41) is 10.2. The maximum atomic E-state index is 10.2. The number of aliphatic hydroxyl groups excluding tert-OH is 1. The lowest BCUT2D eigenvalue weighted by Gasteiger charge is -2.51. The van der Waals surface area contributed by atoms with Gasteiger partial charge in [-0.05, 0) is 40.5 Å². The van der Waals surface area contributed by atoms with Gasteiger partial charge in [0.1, 0.15) is 0 Å². The smallest absolute Gasteiger partial charge is 0.0760 e. The van der Waals surface area contributed by atoms with Gasteiger partial charge in [-0.3, -0.25) is 4.90 Å². The van der Waals surface area contributed by atoms with Gasteiger partial charge in [-0.1, -0.05) is 12.8 Å². The lowest BCUT2D eigenvalue weighted by Crippen LogP contribution is -2.62. The van der Waals surface area contributed by atoms with E-state index >= 15 is 0 Å². The third kappa shape index (κ3) is 3.21. The van der Waals surface area contributed by atoms with Gasteiger partial charge in [0, 0.05) is 19.1 Å². The second kappa shape index (κ2) is 4.52. The first-order valence-corrected chi connectivity index (χ1v) is 6.91. The highest BCUT2D eigenvalue weighted by atomic mass is 16.5. The summed E-state index contributed by atoms with van der Waals surface area (Å²) in [7, 11) is 0. The van der Waals surface area contributed by atoms with E-state index in [-0.39, 0.29) is 17.3 Å². The Balaban J connectivity index is 2.09. The van der Waals surface area contributed by atoms with E-state index in [1.807, 2.05) is 0 Å². The highest BCUT2D eigenvalue weighted by molar-refractivity contribution is 4.94. The molecule has 0 aromatic heterocycles. The van der Waals surface area contributed by atoms with E-state index in [0.717, 1.165) is 25.9 Å². The molecule has 1 heterocycles. The summed E-state index contributed by atoms with van der Waals surface area (Å²) in [5.74, 6) is 0. The number of aliphatic hydroxyl groups is 1. The fraction of sp³-hybridized carbons (Fsp3) is 1.00. The molecular weight excluding hydrogens is 214 g/mol. The highest BCUT2D eigenvalue weighted by Crippen LogP contribution is 2.33. The van der Waals surface area contributed by atoms with Crippen LogP contribution in [-0.4, -0.2) is 46.4 Å². The number of ether oxygens (including phenoxy) is 1. The number of hydrogen-bond acceptors (Lipinski definition) is 3. The first-order valence-electron chi connectivity index (χ1n) is 6.91. The summed E-state index contributed by atoms with van der Waals surface area (Å²) < 4.78 is 6.09. The zero-order valence-corrected chi connectivity index (χ0v) is 11.7. The van der Waals surface area contributed by atoms with E-state index in [2.05, 4.69) is 32.6 Å². The quantitative estimate of drug-likeness (QED) is 0.764. The Kier molecular flexibility index (Phi) is 3.54. The molecule has 2 atom stereocenters. The third-order valence-electron chi connectivity index (χ3n) is 3.88. The molecule has 2 fully saturated rings. The van der Waals surface area contributed by atoms with Gasteiger partial charge in [-0.15, -0.1) is 0 Å². The van der Waals surface area contributed by atoms with Crippen LogP contribution in [0.1, 0.15) is 53.4 Å². The van der Waals surface area contributed by atoms with Gasteiger partial charge in [-0.25, -0.2) is 0 Å². The predicted octanol–water partition coefficient (Wildman–Crippen LogP) is 2.18. The molecule has 1 aliphatic carbocycles. The lowest BCUT2D eigenvalue weighted by molar-refractivity contribution is -0.195. The van der Waals surface area contributed by atoms with Crippen molar-refractivity contribution in [1.82, 2.24) is 4.90 Å². The van der Waals surface area contributed by atoms with Crippen molar-refractivity contribution in [2.24, 2.45) is 0 Å². The monoisotopic (exact) mass is 241 g/mol. The summed E-state index contributed by atoms with van der Waals surface area (Å²) in [6.07, 6.45) is 4.37. The summed E-state index contributed by atoms with van der Waals surface area (Å²) in [5.41, 5.74) is -0.224. The van der Waals surface area contributed by atoms with Crippen molar-refractivity contribution < 1.29 is 9.84 Å². The van der Waals surface area contributed by atoms with Gasteiger partial charge in [0.2, 0.25) is 0 Å². The van der Waals surface area contributed by atoms with E-state index in [9.17, 15) is 5.11 Å². The number of nitrogens with zero attached hydrogens (tertiary/aromatic N) is 1. The van der Waals surface area contributed by atoms with Gasteiger partial charge in [-0.2, -0.15) is 0 Å². The molecule has 0 unspecified atom stereocenters. The average Bonchev–Trinajstić information content (AvgIpc) is 2.13. The van der Waals surface area contributed by atoms with Crippen molar-refractivity contribution in [3.63, 3.8) is 0 Å². The summed E-state index contributed by atoms with van der Waals surface area (Å²) in [6.45, 7) is 10.5. The van der Waals surface area contributed by atoms with E-state index in [4.69, 9.17) is 4.74 Å². The molecule has 1 aliphatic heterocycles. The topological polar surface area (TPSA) is 32.7 Å². The normalized spacial score (nSPS) is 37.9. The Morgan fingerprint density at radius 1 is 1.00 bits per heavy atom. The first-order chi connectivity index (χ1) is 7.79. The molecular formula is C14H27NO2. The second-order valence-corrected chi connectivity index (χ2v) is 6.95. The van der Waals surface area contributed by atoms with Crippen LogP contribution in [0.4, 0.5) is 0 Å². The number of hydrogen-bond donors (Lipinski definition) is 1. The molecule has 3 heteroatoms. The van der Waals surface area contributed by atoms with Crippen LogP contribution < -0.4 is 0 Å². The zero-order valence-electron chi connectivity index (χ0n) is 11.7. The molecule has 3 nitrogen and oxygen atoms in total. The molecule has 0 aromatic rings. The molecule has 0 amide bonds. The number of rotatable bonds is 1. The third-order valence-corrected chi connectivity index (χ3v) is 3.88. The Labute approximate surface area is 105 Å². The fourth-order valence-electron chi connectivity index (χ4n) is 3.60. The van der Waals surface area contributed by atoms with Crippen molar-refractivity contribution in [1.29, 1.82) is 0 Å². The highest BCUT2D eigenvalue weighted by Gasteiger charge is 2.42. The molecule has 0 bridgehead atoms. The van der Waals surface area contributed by atoms with Crippen LogP contribution in [0, 0.1) is 0 Å². The van der Waals surface area contributed by atoms with Crippen LogP contribution in [0.5, 0.6) is 0 Å². The molecule has 1 N–H and O–H groups in total. The van der Waals surface area contributed by atoms with Gasteiger partial charge >= 0.3 is 0 Å². The SMILES string of the molecule is CC1(C)CN([C@H]2CCCC[C@@H]2O)CC(C)(C)O1. The maximum absolute atomic E-state index is 10.2. The summed E-state index contributed by atoms with van der Waals surface area (Å²) in [4.78, 5) is 2.45. The first kappa shape index (κ1) is 13.3. The van der Waals surface area contributed by atoms with Gasteiger partial charge in [0.25, 0.3) is 0 Å². The summed E-state index contributed by atoms with van der Waals surface area (Å²) in [6, 6.07) is 0.339. The van der Waals surface area contributed by atoms with E-state index in [1.54, 1.807) is 0 Å². The van der Waals surface area contributed by atoms with Crippen molar-refractivity contribution in [3.05, 3.63) is 0 Å². The van der Waals surface area contributed by atoms with Crippen molar-refractivity contribution in [3.8, 4) is 0 Å². The van der Waals surface area contributed by atoms with Crippen LogP contribution >= 0.6 is 0 Å². The Hall–Kier alpha value is -0.120. The molecule has 100 valence electrons. The average molecular weight is 241 g/mol. The predicted molar refractivity (Wildman–Crippen MR) is 69.1 cm³/mol. The van der Waals surface area contributed by atoms with Crippen LogP contribution in [-0.2, 0) is 4.74 Å². The Morgan fingerprint density at radius 3 is 2.06 bits per heavy atom. The van der Waals surface area contributed by atoms with Crippen LogP contribution in [0.25, 0.3) is 0 Å². The van der Waals surface area contributed by atoms with Gasteiger partial charge in [0.15, 0.2) is 0 Å². The minimum Gasteiger partial charge on any atom is -0.391 e. The zero-order chi connectivity index (χ0) is 12.7. The Bertz CT molecular complexity index is 259. The molecule has 1 saturated carbocycles. The van der Waals surface area contributed by atoms with E-state index in [0.29, 0.717) is 6.04 Å². The largest absolute Gasteiger partial charge is 0.391 e. The number of morpholine rings is 1. The fourth-order valence-corrected chi connectivity index (χ4v) is 3.60. The van der Waals surface area contributed by atoms with E-state index < -0.39 is 0 Å². The van der Waals surface area contributed by atoms with Gasteiger partial charge < -0.3 is 9.84 Å². The van der Waals surface area contributed by atoms with E-state index in [1.165, 1.54) is 12.8 Å². The van der Waals surface area contributed by atoms with Crippen molar-refractivity contribution >= 4 is 0 Å². The van der Waals surface area contributed by atoms with Crippen molar-refractivity contribution in [2.45, 2.75) is 76.7 Å². The summed E-state index contributed by atoms with van der Waals surface area (Å²) >= 11 is 0. The maximum Gasteiger partial charge on any atom is 0.0760 e. The standard InChI is InChI=1S/C14H27NO2/c1-13(2)9-15(10-14(3,4)17-13)11-7-5-6-8-12(11)16/h11-12,16H,5-10H2,1-4H3/t11-,12-/m0/s1. The molecule has 1 saturated heterocycles. The van der Waals surface area contributed by atoms with Crippen LogP contribution in [0.3, 0.4) is 0 Å². The minimum atomic E-state index is -0.145. The molecule has 0 radical (unpaired) electrons. The molecule has 17 heavy (non-hydrogen) atoms. The van der Waals surface area contributed by atoms with Crippen molar-refractivity contribution in [2.75, 3.05) is 13.1 Å². The molecule has 2 rings (SSSR count). The van der Waals surface area contributed by atoms with Gasteiger partial charge in [0.05, 0.1) is 17.3 Å². The molecule has 0 spiro atoms. The lowest BCUT2D eigenvalue weighted by atomic mass is 9.88. The molecule has 2 aliphatic rings. The molecule has 0 aromatic carbocycles. The van der Waals surface area contributed by atoms with Crippen LogP contribution in [0.15, 0.2) is 0 Å². The Morgan fingerprint density at radius 2 is 1.53 bits per heavy atom. The second-order valence-electron chi connectivity index (χ2n) is 6.95. The van der Waals surface area contributed by atoms with Crippen LogP contribution in [0.2, 0.25) is 0 Å².